The summed E-state index contributed by atoms with van der Waals surface area (Å²) < 4.78 is 0. The number of hydrogen-bond acceptors (Lipinski definition) is 8. The number of aromatic nitrogens is 6. The lowest BCUT2D eigenvalue weighted by Gasteiger charge is -1.97. The largest absolute Gasteiger partial charge is 0.350 e. The summed E-state index contributed by atoms with van der Waals surface area (Å²) in [6.07, 6.45) is 2.42. The van der Waals surface area contributed by atoms with Crippen molar-refractivity contribution < 1.29 is 4.79 Å². The third-order valence-electron chi connectivity index (χ3n) is 2.09. The first-order valence-corrected chi connectivity index (χ1v) is 5.77. The standard InChI is InChI=1S/C6H8N4O2.C4H6N4O/c1-4(11)7-2-5-6(12)8-3-9-10-5;5-1-3-4(9)6-2-7-8-3/h3H,2H2,1H3,(H,7,11)(H,8,9,12);2H,1,5H2,(H,6,7,9). The minimum atomic E-state index is -0.334. The van der Waals surface area contributed by atoms with Crippen LogP contribution in [0.2, 0.25) is 0 Å². The average molecular weight is 294 g/mol. The Labute approximate surface area is 118 Å². The van der Waals surface area contributed by atoms with E-state index in [2.05, 4.69) is 35.7 Å². The predicted molar refractivity (Wildman–Crippen MR) is 70.7 cm³/mol. The fourth-order valence-electron chi connectivity index (χ4n) is 1.09. The quantitative estimate of drug-likeness (QED) is 0.477. The Morgan fingerprint density at radius 1 is 1.14 bits per heavy atom. The Bertz CT molecular complexity index is 695. The monoisotopic (exact) mass is 294 g/mol. The molecule has 0 bridgehead atoms. The lowest BCUT2D eigenvalue weighted by Crippen LogP contribution is -2.26. The van der Waals surface area contributed by atoms with Crippen LogP contribution in [0, 0.1) is 0 Å². The van der Waals surface area contributed by atoms with Gasteiger partial charge in [-0.25, -0.2) is 0 Å². The van der Waals surface area contributed by atoms with E-state index in [1.807, 2.05) is 0 Å². The Morgan fingerprint density at radius 3 is 2.05 bits per heavy atom. The van der Waals surface area contributed by atoms with Crippen molar-refractivity contribution in [3.63, 3.8) is 0 Å². The number of nitrogens with one attached hydrogen (secondary N) is 3. The van der Waals surface area contributed by atoms with Gasteiger partial charge in [-0.2, -0.15) is 0 Å². The van der Waals surface area contributed by atoms with Crippen molar-refractivity contribution in [2.45, 2.75) is 20.0 Å². The molecular formula is C10H14N8O3. The Balaban J connectivity index is 0.000000219. The highest BCUT2D eigenvalue weighted by Gasteiger charge is 2.00. The highest BCUT2D eigenvalue weighted by molar-refractivity contribution is 5.72. The average Bonchev–Trinajstić information content (AvgIpc) is 2.47. The maximum Gasteiger partial charge on any atom is 0.274 e. The van der Waals surface area contributed by atoms with Gasteiger partial charge in [0.25, 0.3) is 11.1 Å². The molecule has 0 fully saturated rings. The van der Waals surface area contributed by atoms with Gasteiger partial charge in [0, 0.05) is 13.5 Å². The molecule has 2 rings (SSSR count). The van der Waals surface area contributed by atoms with Gasteiger partial charge in [0.1, 0.15) is 24.0 Å². The van der Waals surface area contributed by atoms with Gasteiger partial charge in [-0.1, -0.05) is 0 Å². The normalized spacial score (nSPS) is 9.43. The van der Waals surface area contributed by atoms with Gasteiger partial charge >= 0.3 is 0 Å². The summed E-state index contributed by atoms with van der Waals surface area (Å²) in [4.78, 5) is 36.7. The maximum absolute atomic E-state index is 10.9. The fraction of sp³-hybridized carbons (Fsp3) is 0.300. The molecule has 0 radical (unpaired) electrons. The summed E-state index contributed by atoms with van der Waals surface area (Å²) in [5, 5.41) is 16.4. The number of hydrogen-bond donors (Lipinski definition) is 4. The van der Waals surface area contributed by atoms with Gasteiger partial charge < -0.3 is 21.0 Å². The van der Waals surface area contributed by atoms with E-state index in [0.29, 0.717) is 0 Å². The Hall–Kier alpha value is -2.95. The van der Waals surface area contributed by atoms with Crippen LogP contribution in [0.15, 0.2) is 22.2 Å². The number of amides is 1. The molecule has 112 valence electrons. The predicted octanol–water partition coefficient (Wildman–Crippen LogP) is -2.58. The topological polar surface area (TPSA) is 172 Å². The molecule has 21 heavy (non-hydrogen) atoms. The first-order chi connectivity index (χ1) is 10.0. The van der Waals surface area contributed by atoms with Gasteiger partial charge in [-0.3, -0.25) is 14.4 Å². The van der Waals surface area contributed by atoms with Crippen molar-refractivity contribution in [3.05, 3.63) is 44.8 Å². The number of carbonyl (C=O) groups is 1. The molecule has 0 aliphatic heterocycles. The van der Waals surface area contributed by atoms with Crippen LogP contribution in [0.1, 0.15) is 18.3 Å². The molecule has 2 heterocycles. The van der Waals surface area contributed by atoms with Crippen molar-refractivity contribution in [3.8, 4) is 0 Å². The second-order valence-electron chi connectivity index (χ2n) is 3.64. The van der Waals surface area contributed by atoms with Crippen LogP contribution in [0.25, 0.3) is 0 Å². The van der Waals surface area contributed by atoms with Crippen molar-refractivity contribution in [2.24, 2.45) is 5.73 Å². The van der Waals surface area contributed by atoms with Crippen LogP contribution >= 0.6 is 0 Å². The zero-order valence-electron chi connectivity index (χ0n) is 11.2. The van der Waals surface area contributed by atoms with Gasteiger partial charge in [0.05, 0.1) is 6.54 Å². The van der Waals surface area contributed by atoms with Crippen LogP contribution in [0.5, 0.6) is 0 Å². The number of rotatable bonds is 3. The van der Waals surface area contributed by atoms with E-state index >= 15 is 0 Å². The van der Waals surface area contributed by atoms with E-state index in [1.54, 1.807) is 0 Å². The summed E-state index contributed by atoms with van der Waals surface area (Å²) >= 11 is 0. The zero-order chi connectivity index (χ0) is 15.7. The van der Waals surface area contributed by atoms with Gasteiger partial charge in [-0.05, 0) is 0 Å². The Kier molecular flexibility index (Phi) is 6.34. The van der Waals surface area contributed by atoms with Crippen LogP contribution in [-0.4, -0.2) is 36.3 Å². The zero-order valence-corrected chi connectivity index (χ0v) is 11.2. The molecule has 5 N–H and O–H groups in total. The van der Waals surface area contributed by atoms with E-state index in [-0.39, 0.29) is 41.5 Å². The highest BCUT2D eigenvalue weighted by atomic mass is 16.1. The number of aromatic amines is 2. The van der Waals surface area contributed by atoms with Crippen molar-refractivity contribution in [1.29, 1.82) is 0 Å². The first kappa shape index (κ1) is 16.1. The van der Waals surface area contributed by atoms with Gasteiger partial charge in [0.15, 0.2) is 0 Å². The molecule has 0 atom stereocenters. The highest BCUT2D eigenvalue weighted by Crippen LogP contribution is 1.78. The van der Waals surface area contributed by atoms with E-state index in [4.69, 9.17) is 5.73 Å². The van der Waals surface area contributed by atoms with Crippen LogP contribution in [-0.2, 0) is 17.9 Å². The number of H-pyrrole nitrogens is 2. The van der Waals surface area contributed by atoms with Crippen molar-refractivity contribution >= 4 is 5.91 Å². The summed E-state index contributed by atoms with van der Waals surface area (Å²) in [7, 11) is 0. The molecule has 0 aliphatic rings. The second-order valence-corrected chi connectivity index (χ2v) is 3.64. The van der Waals surface area contributed by atoms with E-state index in [9.17, 15) is 14.4 Å². The minimum Gasteiger partial charge on any atom is -0.350 e. The molecule has 1 amide bonds. The molecule has 11 nitrogen and oxygen atoms in total. The third kappa shape index (κ3) is 5.69. The smallest absolute Gasteiger partial charge is 0.274 e. The molecule has 0 aromatic carbocycles. The maximum atomic E-state index is 10.9. The SMILES string of the molecule is CC(=O)NCc1nnc[nH]c1=O.NCc1nnc[nH]c1=O. The van der Waals surface area contributed by atoms with Crippen LogP contribution < -0.4 is 22.2 Å². The summed E-state index contributed by atoms with van der Waals surface area (Å²) in [5.74, 6) is -0.208. The molecule has 11 heteroatoms. The first-order valence-electron chi connectivity index (χ1n) is 5.77. The second kappa shape index (κ2) is 8.27. The van der Waals surface area contributed by atoms with E-state index in [1.165, 1.54) is 19.6 Å². The molecule has 2 aromatic rings. The summed E-state index contributed by atoms with van der Waals surface area (Å²) in [6, 6.07) is 0. The molecule has 2 aromatic heterocycles. The van der Waals surface area contributed by atoms with Gasteiger partial charge in [-0.15, -0.1) is 20.4 Å². The van der Waals surface area contributed by atoms with E-state index < -0.39 is 0 Å². The molecule has 0 unspecified atom stereocenters. The molecule has 0 saturated carbocycles. The van der Waals surface area contributed by atoms with Crippen molar-refractivity contribution in [1.82, 2.24) is 35.7 Å². The number of nitrogens with zero attached hydrogens (tertiary/aromatic N) is 4. The summed E-state index contributed by atoms with van der Waals surface area (Å²) in [6.45, 7) is 1.60. The fourth-order valence-corrected chi connectivity index (χ4v) is 1.09. The van der Waals surface area contributed by atoms with E-state index in [0.717, 1.165) is 0 Å². The van der Waals surface area contributed by atoms with Crippen LogP contribution in [0.4, 0.5) is 0 Å². The minimum absolute atomic E-state index is 0.110. The third-order valence-corrected chi connectivity index (χ3v) is 2.09. The lowest BCUT2D eigenvalue weighted by atomic mass is 10.4. The van der Waals surface area contributed by atoms with Crippen molar-refractivity contribution in [2.75, 3.05) is 0 Å². The molecular weight excluding hydrogens is 280 g/mol. The molecule has 0 spiro atoms. The Morgan fingerprint density at radius 2 is 1.67 bits per heavy atom. The van der Waals surface area contributed by atoms with Crippen LogP contribution in [0.3, 0.4) is 0 Å². The number of carbonyl (C=O) groups excluding carboxylic acids is 1. The summed E-state index contributed by atoms with van der Waals surface area (Å²) in [5.41, 5.74) is 4.99. The number of nitrogens with two attached hydrogens (primary N) is 1. The molecule has 0 aliphatic carbocycles. The molecule has 0 saturated heterocycles. The lowest BCUT2D eigenvalue weighted by molar-refractivity contribution is -0.119. The van der Waals surface area contributed by atoms with Gasteiger partial charge in [0.2, 0.25) is 5.91 Å².